The zero-order valence-electron chi connectivity index (χ0n) is 17.2. The van der Waals surface area contributed by atoms with Crippen LogP contribution in [0.25, 0.3) is 10.8 Å². The average molecular weight is 393 g/mol. The molecule has 0 aromatic heterocycles. The zero-order valence-corrected chi connectivity index (χ0v) is 17.2. The van der Waals surface area contributed by atoms with Crippen LogP contribution in [0.4, 0.5) is 0 Å². The summed E-state index contributed by atoms with van der Waals surface area (Å²) in [4.78, 5) is 12.7. The number of amides is 1. The summed E-state index contributed by atoms with van der Waals surface area (Å²) in [7, 11) is 3.22. The molecule has 3 aromatic rings. The van der Waals surface area contributed by atoms with E-state index in [1.807, 2.05) is 61.5 Å². The van der Waals surface area contributed by atoms with Crippen LogP contribution in [0.3, 0.4) is 0 Å². The van der Waals surface area contributed by atoms with Crippen LogP contribution in [-0.4, -0.2) is 33.3 Å². The molecule has 5 nitrogen and oxygen atoms in total. The van der Waals surface area contributed by atoms with Crippen LogP contribution in [0.1, 0.15) is 29.3 Å². The van der Waals surface area contributed by atoms with Gasteiger partial charge < -0.3 is 19.5 Å². The molecule has 0 fully saturated rings. The molecule has 5 heteroatoms. The number of nitrogens with one attached hydrogen (secondary N) is 1. The maximum atomic E-state index is 12.7. The maximum absolute atomic E-state index is 12.7. The summed E-state index contributed by atoms with van der Waals surface area (Å²) in [5.41, 5.74) is 1.69. The molecule has 0 saturated heterocycles. The van der Waals surface area contributed by atoms with E-state index >= 15 is 0 Å². The predicted molar refractivity (Wildman–Crippen MR) is 115 cm³/mol. The van der Waals surface area contributed by atoms with Gasteiger partial charge in [-0.3, -0.25) is 4.79 Å². The summed E-state index contributed by atoms with van der Waals surface area (Å²) in [6, 6.07) is 17.6. The Bertz CT molecular complexity index is 984. The van der Waals surface area contributed by atoms with E-state index in [-0.39, 0.29) is 5.91 Å². The van der Waals surface area contributed by atoms with Gasteiger partial charge in [0.05, 0.1) is 26.4 Å². The van der Waals surface area contributed by atoms with E-state index in [9.17, 15) is 4.79 Å². The van der Waals surface area contributed by atoms with E-state index in [0.717, 1.165) is 40.7 Å². The van der Waals surface area contributed by atoms with Crippen molar-refractivity contribution in [2.45, 2.75) is 19.8 Å². The van der Waals surface area contributed by atoms with Crippen molar-refractivity contribution in [3.63, 3.8) is 0 Å². The number of aryl methyl sites for hydroxylation is 1. The summed E-state index contributed by atoms with van der Waals surface area (Å²) in [5.74, 6) is 1.93. The maximum Gasteiger partial charge on any atom is 0.255 e. The number of rotatable bonds is 9. The molecule has 0 bridgehead atoms. The van der Waals surface area contributed by atoms with Crippen LogP contribution in [0.15, 0.2) is 54.6 Å². The normalized spacial score (nSPS) is 10.6. The highest BCUT2D eigenvalue weighted by Gasteiger charge is 2.13. The summed E-state index contributed by atoms with van der Waals surface area (Å²) in [6.45, 7) is 3.12. The van der Waals surface area contributed by atoms with Crippen LogP contribution in [0.5, 0.6) is 17.2 Å². The number of carbonyl (C=O) groups excluding carboxylic acids is 1. The molecule has 0 heterocycles. The van der Waals surface area contributed by atoms with E-state index in [0.29, 0.717) is 24.5 Å². The third kappa shape index (κ3) is 4.99. The van der Waals surface area contributed by atoms with Crippen molar-refractivity contribution in [2.75, 3.05) is 27.4 Å². The number of carbonyl (C=O) groups is 1. The number of fused-ring (bicyclic) bond motifs is 1. The predicted octanol–water partition coefficient (Wildman–Crippen LogP) is 4.62. The fourth-order valence-electron chi connectivity index (χ4n) is 3.30. The van der Waals surface area contributed by atoms with E-state index in [1.54, 1.807) is 14.2 Å². The highest BCUT2D eigenvalue weighted by Crippen LogP contribution is 2.28. The zero-order chi connectivity index (χ0) is 20.6. The number of hydrogen-bond donors (Lipinski definition) is 1. The Morgan fingerprint density at radius 1 is 0.897 bits per heavy atom. The quantitative estimate of drug-likeness (QED) is 0.539. The second-order valence-corrected chi connectivity index (χ2v) is 6.68. The van der Waals surface area contributed by atoms with E-state index in [2.05, 4.69) is 5.32 Å². The minimum absolute atomic E-state index is 0.128. The minimum Gasteiger partial charge on any atom is -0.496 e. The third-order valence-corrected chi connectivity index (χ3v) is 4.77. The first kappa shape index (κ1) is 20.5. The smallest absolute Gasteiger partial charge is 0.255 e. The van der Waals surface area contributed by atoms with Crippen LogP contribution < -0.4 is 19.5 Å². The Balaban J connectivity index is 1.60. The van der Waals surface area contributed by atoms with Gasteiger partial charge in [0.25, 0.3) is 5.91 Å². The van der Waals surface area contributed by atoms with Gasteiger partial charge in [0.1, 0.15) is 5.75 Å². The van der Waals surface area contributed by atoms with Crippen molar-refractivity contribution < 1.29 is 19.0 Å². The third-order valence-electron chi connectivity index (χ3n) is 4.77. The van der Waals surface area contributed by atoms with Crippen molar-refractivity contribution in [1.29, 1.82) is 0 Å². The largest absolute Gasteiger partial charge is 0.496 e. The fraction of sp³-hybridized carbons (Fsp3) is 0.292. The molecule has 0 saturated carbocycles. The van der Waals surface area contributed by atoms with Crippen molar-refractivity contribution in [3.8, 4) is 17.2 Å². The lowest BCUT2D eigenvalue weighted by Gasteiger charge is -2.12. The number of benzene rings is 3. The molecule has 152 valence electrons. The lowest BCUT2D eigenvalue weighted by atomic mass is 10.0. The molecule has 0 aliphatic heterocycles. The summed E-state index contributed by atoms with van der Waals surface area (Å²) < 4.78 is 16.4. The Labute approximate surface area is 171 Å². The SMILES string of the molecule is CCOc1ccc(CCCNC(=O)c2cc3ccccc3cc2OC)cc1OC. The van der Waals surface area contributed by atoms with Crippen molar-refractivity contribution in [3.05, 3.63) is 65.7 Å². The minimum atomic E-state index is -0.128. The topological polar surface area (TPSA) is 56.8 Å². The van der Waals surface area contributed by atoms with Crippen molar-refractivity contribution in [2.24, 2.45) is 0 Å². The Kier molecular flexibility index (Phi) is 6.95. The van der Waals surface area contributed by atoms with Gasteiger partial charge in [0.2, 0.25) is 0 Å². The molecule has 0 spiro atoms. The molecule has 0 radical (unpaired) electrons. The van der Waals surface area contributed by atoms with E-state index in [1.165, 1.54) is 0 Å². The second-order valence-electron chi connectivity index (χ2n) is 6.68. The van der Waals surface area contributed by atoms with Gasteiger partial charge in [-0.25, -0.2) is 0 Å². The molecule has 0 aliphatic carbocycles. The van der Waals surface area contributed by atoms with Gasteiger partial charge in [-0.15, -0.1) is 0 Å². The average Bonchev–Trinajstić information content (AvgIpc) is 2.76. The van der Waals surface area contributed by atoms with E-state index in [4.69, 9.17) is 14.2 Å². The van der Waals surface area contributed by atoms with Crippen LogP contribution in [0, 0.1) is 0 Å². The molecular formula is C24H27NO4. The van der Waals surface area contributed by atoms with Crippen LogP contribution >= 0.6 is 0 Å². The molecule has 0 aliphatic rings. The van der Waals surface area contributed by atoms with Crippen molar-refractivity contribution >= 4 is 16.7 Å². The monoisotopic (exact) mass is 393 g/mol. The van der Waals surface area contributed by atoms with E-state index < -0.39 is 0 Å². The molecule has 3 rings (SSSR count). The Morgan fingerprint density at radius 3 is 2.31 bits per heavy atom. The fourth-order valence-corrected chi connectivity index (χ4v) is 3.30. The summed E-state index contributed by atoms with van der Waals surface area (Å²) in [5, 5.41) is 5.05. The van der Waals surface area contributed by atoms with Gasteiger partial charge in [0, 0.05) is 6.54 Å². The first-order valence-corrected chi connectivity index (χ1v) is 9.81. The molecular weight excluding hydrogens is 366 g/mol. The van der Waals surface area contributed by atoms with Crippen molar-refractivity contribution in [1.82, 2.24) is 5.32 Å². The molecule has 0 unspecified atom stereocenters. The summed E-state index contributed by atoms with van der Waals surface area (Å²) in [6.07, 6.45) is 1.65. The van der Waals surface area contributed by atoms with Crippen LogP contribution in [0.2, 0.25) is 0 Å². The number of methoxy groups -OCH3 is 2. The molecule has 1 N–H and O–H groups in total. The van der Waals surface area contributed by atoms with Crippen LogP contribution in [-0.2, 0) is 6.42 Å². The Morgan fingerprint density at radius 2 is 1.62 bits per heavy atom. The van der Waals surface area contributed by atoms with Gasteiger partial charge >= 0.3 is 0 Å². The van der Waals surface area contributed by atoms with Gasteiger partial charge in [-0.1, -0.05) is 30.3 Å². The van der Waals surface area contributed by atoms with Gasteiger partial charge in [-0.2, -0.15) is 0 Å². The Hall–Kier alpha value is -3.21. The second kappa shape index (κ2) is 9.82. The van der Waals surface area contributed by atoms with Gasteiger partial charge in [-0.05, 0) is 60.4 Å². The molecule has 29 heavy (non-hydrogen) atoms. The highest BCUT2D eigenvalue weighted by atomic mass is 16.5. The summed E-state index contributed by atoms with van der Waals surface area (Å²) >= 11 is 0. The lowest BCUT2D eigenvalue weighted by molar-refractivity contribution is 0.0950. The number of ether oxygens (including phenoxy) is 3. The molecule has 0 atom stereocenters. The standard InChI is InChI=1S/C24H27NO4/c1-4-29-21-12-11-17(14-23(21)28-3)8-7-13-25-24(26)20-15-18-9-5-6-10-19(18)16-22(20)27-2/h5-6,9-12,14-16H,4,7-8,13H2,1-3H3,(H,25,26). The number of hydrogen-bond acceptors (Lipinski definition) is 4. The molecule has 1 amide bonds. The van der Waals surface area contributed by atoms with Gasteiger partial charge in [0.15, 0.2) is 11.5 Å². The first-order valence-electron chi connectivity index (χ1n) is 9.81. The lowest BCUT2D eigenvalue weighted by Crippen LogP contribution is -2.25. The molecule has 3 aromatic carbocycles. The first-order chi connectivity index (χ1) is 14.2. The highest BCUT2D eigenvalue weighted by molar-refractivity contribution is 6.01.